The number of hydrogen-bond donors (Lipinski definition) is 0. The number of amides is 1. The van der Waals surface area contributed by atoms with E-state index in [1.165, 1.54) is 16.6 Å². The van der Waals surface area contributed by atoms with Gasteiger partial charge in [-0.15, -0.1) is 11.3 Å². The Morgan fingerprint density at radius 2 is 1.82 bits per heavy atom. The van der Waals surface area contributed by atoms with E-state index in [4.69, 9.17) is 0 Å². The quantitative estimate of drug-likeness (QED) is 0.265. The fourth-order valence-electron chi connectivity index (χ4n) is 3.65. The molecule has 0 aliphatic rings. The minimum Gasteiger partial charge on any atom is -0.335 e. The monoisotopic (exact) mass is 485 g/mol. The van der Waals surface area contributed by atoms with E-state index in [-0.39, 0.29) is 11.9 Å². The molecule has 0 aliphatic carbocycles. The molecular weight excluding hydrogens is 462 g/mol. The molecule has 5 rings (SSSR count). The van der Waals surface area contributed by atoms with Crippen molar-refractivity contribution in [3.05, 3.63) is 102 Å². The summed E-state index contributed by atoms with van der Waals surface area (Å²) in [7, 11) is 1.84. The number of para-hydroxylation sites is 1. The van der Waals surface area contributed by atoms with Crippen molar-refractivity contribution in [3.8, 4) is 5.69 Å². The summed E-state index contributed by atoms with van der Waals surface area (Å²) in [6, 6.07) is 24.0. The van der Waals surface area contributed by atoms with Crippen molar-refractivity contribution in [3.63, 3.8) is 0 Å². The normalized spacial score (nSPS) is 12.1. The topological polar surface area (TPSA) is 63.9 Å². The lowest BCUT2D eigenvalue weighted by molar-refractivity contribution is 0.0742. The number of carbonyl (C=O) groups excluding carboxylic acids is 1. The minimum absolute atomic E-state index is 0.00164. The molecular formula is C26H23N5OS2. The van der Waals surface area contributed by atoms with Gasteiger partial charge in [0.1, 0.15) is 12.7 Å². The first-order valence-corrected chi connectivity index (χ1v) is 12.7. The highest BCUT2D eigenvalue weighted by molar-refractivity contribution is 8.00. The highest BCUT2D eigenvalue weighted by Gasteiger charge is 2.19. The molecule has 0 saturated heterocycles. The van der Waals surface area contributed by atoms with Crippen LogP contribution in [-0.2, 0) is 5.75 Å². The van der Waals surface area contributed by atoms with Crippen LogP contribution in [0.25, 0.3) is 15.9 Å². The van der Waals surface area contributed by atoms with E-state index in [0.717, 1.165) is 26.9 Å². The van der Waals surface area contributed by atoms with E-state index in [0.29, 0.717) is 5.56 Å². The average molecular weight is 486 g/mol. The number of hydrogen-bond acceptors (Lipinski definition) is 6. The molecule has 170 valence electrons. The van der Waals surface area contributed by atoms with E-state index >= 15 is 0 Å². The minimum atomic E-state index is -0.0634. The van der Waals surface area contributed by atoms with Crippen molar-refractivity contribution in [2.24, 2.45) is 0 Å². The van der Waals surface area contributed by atoms with Gasteiger partial charge >= 0.3 is 0 Å². The predicted molar refractivity (Wildman–Crippen MR) is 137 cm³/mol. The first-order valence-electron chi connectivity index (χ1n) is 10.9. The summed E-state index contributed by atoms with van der Waals surface area (Å²) < 4.78 is 3.97. The Bertz CT molecular complexity index is 1360. The molecule has 0 fully saturated rings. The number of benzene rings is 3. The molecule has 0 bridgehead atoms. The van der Waals surface area contributed by atoms with Gasteiger partial charge in [0.2, 0.25) is 0 Å². The zero-order chi connectivity index (χ0) is 23.5. The predicted octanol–water partition coefficient (Wildman–Crippen LogP) is 6.00. The van der Waals surface area contributed by atoms with Crippen LogP contribution < -0.4 is 0 Å². The van der Waals surface area contributed by atoms with Crippen molar-refractivity contribution >= 4 is 39.2 Å². The van der Waals surface area contributed by atoms with Crippen molar-refractivity contribution < 1.29 is 4.79 Å². The number of thiazole rings is 1. The number of thioether (sulfide) groups is 1. The van der Waals surface area contributed by atoms with Crippen molar-refractivity contribution in [2.75, 3.05) is 7.05 Å². The Kier molecular flexibility index (Phi) is 6.42. The molecule has 0 spiro atoms. The summed E-state index contributed by atoms with van der Waals surface area (Å²) in [4.78, 5) is 23.5. The van der Waals surface area contributed by atoms with E-state index in [9.17, 15) is 4.79 Å². The molecule has 34 heavy (non-hydrogen) atoms. The maximum Gasteiger partial charge on any atom is 0.254 e. The molecule has 1 amide bonds. The number of nitrogens with zero attached hydrogens (tertiary/aromatic N) is 5. The molecule has 6 nitrogen and oxygen atoms in total. The second-order valence-electron chi connectivity index (χ2n) is 7.96. The summed E-state index contributed by atoms with van der Waals surface area (Å²) in [5.41, 5.74) is 4.88. The van der Waals surface area contributed by atoms with Crippen molar-refractivity contribution in [2.45, 2.75) is 23.1 Å². The van der Waals surface area contributed by atoms with Gasteiger partial charge in [0.05, 0.1) is 21.9 Å². The second kappa shape index (κ2) is 9.79. The number of carbonyl (C=O) groups is 1. The van der Waals surface area contributed by atoms with Crippen LogP contribution in [0.2, 0.25) is 0 Å². The lowest BCUT2D eigenvalue weighted by Crippen LogP contribution is -2.29. The molecule has 5 aromatic rings. The van der Waals surface area contributed by atoms with E-state index < -0.39 is 0 Å². The van der Waals surface area contributed by atoms with Gasteiger partial charge in [-0.25, -0.2) is 14.6 Å². The van der Waals surface area contributed by atoms with Gasteiger partial charge in [-0.05, 0) is 54.4 Å². The Morgan fingerprint density at radius 1 is 1.06 bits per heavy atom. The van der Waals surface area contributed by atoms with Crippen LogP contribution in [0.5, 0.6) is 0 Å². The Balaban J connectivity index is 1.21. The second-order valence-corrected chi connectivity index (χ2v) is 10.2. The Morgan fingerprint density at radius 3 is 2.53 bits per heavy atom. The van der Waals surface area contributed by atoms with Crippen LogP contribution >= 0.6 is 23.1 Å². The Labute approximate surface area is 206 Å². The standard InChI is InChI=1S/C26H23N5OS2/c1-18(20-11-13-22(14-12-20)31-17-27-16-28-31)30(2)25(32)21-9-7-19(8-10-21)15-33-26-29-23-5-3-4-6-24(23)34-26/h3-14,16-18H,15H2,1-2H3. The van der Waals surface area contributed by atoms with Crippen LogP contribution in [0.1, 0.15) is 34.5 Å². The lowest BCUT2D eigenvalue weighted by atomic mass is 10.1. The molecule has 0 radical (unpaired) electrons. The molecule has 1 unspecified atom stereocenters. The summed E-state index contributed by atoms with van der Waals surface area (Å²) >= 11 is 3.44. The summed E-state index contributed by atoms with van der Waals surface area (Å²) in [5, 5.41) is 4.15. The first kappa shape index (κ1) is 22.3. The van der Waals surface area contributed by atoms with Crippen LogP contribution in [0.15, 0.2) is 89.8 Å². The molecule has 0 N–H and O–H groups in total. The van der Waals surface area contributed by atoms with E-state index in [1.807, 2.05) is 80.7 Å². The smallest absolute Gasteiger partial charge is 0.254 e. The molecule has 2 aromatic heterocycles. The van der Waals surface area contributed by atoms with Gasteiger partial charge in [-0.3, -0.25) is 4.79 Å². The fourth-order valence-corrected chi connectivity index (χ4v) is 5.68. The molecule has 8 heteroatoms. The lowest BCUT2D eigenvalue weighted by Gasteiger charge is -2.25. The molecule has 0 saturated carbocycles. The fraction of sp³-hybridized carbons (Fsp3) is 0.154. The van der Waals surface area contributed by atoms with Crippen molar-refractivity contribution in [1.29, 1.82) is 0 Å². The number of aromatic nitrogens is 4. The summed E-state index contributed by atoms with van der Waals surface area (Å²) in [5.74, 6) is 0.816. The Hall–Kier alpha value is -3.49. The molecule has 3 aromatic carbocycles. The SMILES string of the molecule is CC(c1ccc(-n2cncn2)cc1)N(C)C(=O)c1ccc(CSc2nc3ccccc3s2)cc1. The number of fused-ring (bicyclic) bond motifs is 1. The molecule has 2 heterocycles. The van der Waals surface area contributed by atoms with Crippen LogP contribution in [-0.4, -0.2) is 37.6 Å². The van der Waals surface area contributed by atoms with Gasteiger partial charge in [0.25, 0.3) is 5.91 Å². The first-order chi connectivity index (χ1) is 16.6. The van der Waals surface area contributed by atoms with E-state index in [1.54, 1.807) is 39.0 Å². The van der Waals surface area contributed by atoms with Crippen LogP contribution in [0.4, 0.5) is 0 Å². The average Bonchev–Trinajstić information content (AvgIpc) is 3.57. The maximum absolute atomic E-state index is 13.1. The zero-order valence-electron chi connectivity index (χ0n) is 18.8. The third-order valence-electron chi connectivity index (χ3n) is 5.80. The zero-order valence-corrected chi connectivity index (χ0v) is 20.5. The summed E-state index contributed by atoms with van der Waals surface area (Å²) in [6.45, 7) is 2.03. The third kappa shape index (κ3) is 4.73. The highest BCUT2D eigenvalue weighted by Crippen LogP contribution is 2.31. The van der Waals surface area contributed by atoms with Crippen LogP contribution in [0, 0.1) is 0 Å². The van der Waals surface area contributed by atoms with Gasteiger partial charge in [0.15, 0.2) is 4.34 Å². The van der Waals surface area contributed by atoms with Gasteiger partial charge < -0.3 is 4.90 Å². The van der Waals surface area contributed by atoms with Crippen LogP contribution in [0.3, 0.4) is 0 Å². The van der Waals surface area contributed by atoms with Gasteiger partial charge in [0, 0.05) is 18.4 Å². The maximum atomic E-state index is 13.1. The van der Waals surface area contributed by atoms with Crippen molar-refractivity contribution in [1.82, 2.24) is 24.6 Å². The number of rotatable bonds is 7. The highest BCUT2D eigenvalue weighted by atomic mass is 32.2. The largest absolute Gasteiger partial charge is 0.335 e. The molecule has 0 aliphatic heterocycles. The van der Waals surface area contributed by atoms with Gasteiger partial charge in [-0.2, -0.15) is 5.10 Å². The third-order valence-corrected chi connectivity index (χ3v) is 8.05. The van der Waals surface area contributed by atoms with Gasteiger partial charge in [-0.1, -0.05) is 48.2 Å². The van der Waals surface area contributed by atoms with E-state index in [2.05, 4.69) is 21.1 Å². The summed E-state index contributed by atoms with van der Waals surface area (Å²) in [6.07, 6.45) is 3.17. The molecule has 1 atom stereocenters.